The lowest BCUT2D eigenvalue weighted by molar-refractivity contribution is 0.0529. The summed E-state index contributed by atoms with van der Waals surface area (Å²) in [5, 5.41) is 2.63. The quantitative estimate of drug-likeness (QED) is 0.641. The van der Waals surface area contributed by atoms with Crippen LogP contribution >= 0.6 is 0 Å². The molecule has 0 unspecified atom stereocenters. The lowest BCUT2D eigenvalue weighted by Crippen LogP contribution is -2.32. The Labute approximate surface area is 119 Å². The Kier molecular flexibility index (Phi) is 5.39. The van der Waals surface area contributed by atoms with Gasteiger partial charge in [0.15, 0.2) is 0 Å². The van der Waals surface area contributed by atoms with E-state index in [9.17, 15) is 4.79 Å². The smallest absolute Gasteiger partial charge is 0.407 e. The Morgan fingerprint density at radius 3 is 2.80 bits per heavy atom. The van der Waals surface area contributed by atoms with Crippen molar-refractivity contribution in [2.75, 3.05) is 12.3 Å². The number of carbonyl (C=O) groups is 1. The monoisotopic (exact) mass is 275 g/mol. The van der Waals surface area contributed by atoms with Gasteiger partial charge in [-0.3, -0.25) is 0 Å². The highest BCUT2D eigenvalue weighted by molar-refractivity contribution is 5.67. The van der Waals surface area contributed by atoms with Crippen molar-refractivity contribution in [2.24, 2.45) is 0 Å². The predicted octanol–water partition coefficient (Wildman–Crippen LogP) is 2.24. The molecule has 0 radical (unpaired) electrons. The molecule has 0 atom stereocenters. The third kappa shape index (κ3) is 6.10. The molecule has 1 aromatic rings. The summed E-state index contributed by atoms with van der Waals surface area (Å²) in [6, 6.07) is 1.83. The number of rotatable bonds is 2. The van der Waals surface area contributed by atoms with Crippen molar-refractivity contribution in [2.45, 2.75) is 39.7 Å². The van der Waals surface area contributed by atoms with Crippen LogP contribution in [-0.2, 0) is 4.74 Å². The topological polar surface area (TPSA) is 77.2 Å². The van der Waals surface area contributed by atoms with Crippen molar-refractivity contribution >= 4 is 11.8 Å². The van der Waals surface area contributed by atoms with E-state index in [1.54, 1.807) is 6.20 Å². The van der Waals surface area contributed by atoms with Crippen LogP contribution in [0.15, 0.2) is 12.3 Å². The maximum atomic E-state index is 11.4. The third-order valence-corrected chi connectivity index (χ3v) is 2.18. The Morgan fingerprint density at radius 2 is 2.20 bits per heavy atom. The second-order valence-corrected chi connectivity index (χ2v) is 5.43. The Morgan fingerprint density at radius 1 is 1.50 bits per heavy atom. The summed E-state index contributed by atoms with van der Waals surface area (Å²) < 4.78 is 5.10. The fraction of sp³-hybridized carbons (Fsp3) is 0.467. The van der Waals surface area contributed by atoms with Gasteiger partial charge in [-0.05, 0) is 45.2 Å². The molecule has 0 spiro atoms. The van der Waals surface area contributed by atoms with Crippen molar-refractivity contribution in [3.05, 3.63) is 23.5 Å². The van der Waals surface area contributed by atoms with E-state index < -0.39 is 11.7 Å². The van der Waals surface area contributed by atoms with Crippen LogP contribution in [0.3, 0.4) is 0 Å². The van der Waals surface area contributed by atoms with Crippen molar-refractivity contribution in [3.8, 4) is 11.8 Å². The average Bonchev–Trinajstić information content (AvgIpc) is 2.28. The molecule has 0 aliphatic heterocycles. The van der Waals surface area contributed by atoms with E-state index in [4.69, 9.17) is 10.5 Å². The van der Waals surface area contributed by atoms with E-state index in [1.165, 1.54) is 0 Å². The van der Waals surface area contributed by atoms with Crippen LogP contribution in [0.5, 0.6) is 0 Å². The number of nitrogens with zero attached hydrogens (tertiary/aromatic N) is 1. The maximum absolute atomic E-state index is 11.4. The van der Waals surface area contributed by atoms with Crippen molar-refractivity contribution in [3.63, 3.8) is 0 Å². The number of nitrogens with one attached hydrogen (secondary N) is 1. The largest absolute Gasteiger partial charge is 0.444 e. The average molecular weight is 275 g/mol. The molecule has 0 bridgehead atoms. The molecule has 1 heterocycles. The third-order valence-electron chi connectivity index (χ3n) is 2.18. The van der Waals surface area contributed by atoms with Crippen LogP contribution in [0.4, 0.5) is 10.5 Å². The van der Waals surface area contributed by atoms with Crippen molar-refractivity contribution in [1.82, 2.24) is 10.3 Å². The molecule has 1 rings (SSSR count). The minimum Gasteiger partial charge on any atom is -0.444 e. The van der Waals surface area contributed by atoms with Crippen LogP contribution in [0.1, 0.15) is 38.4 Å². The molecule has 3 N–H and O–H groups in total. The van der Waals surface area contributed by atoms with Gasteiger partial charge in [0.05, 0.1) is 5.69 Å². The van der Waals surface area contributed by atoms with Gasteiger partial charge in [-0.2, -0.15) is 0 Å². The summed E-state index contributed by atoms with van der Waals surface area (Å²) in [7, 11) is 0. The number of nitrogen functional groups attached to an aromatic ring is 1. The molecule has 5 nitrogen and oxygen atoms in total. The minimum atomic E-state index is -0.490. The Balaban J connectivity index is 2.38. The van der Waals surface area contributed by atoms with Gasteiger partial charge in [-0.15, -0.1) is 0 Å². The number of pyridine rings is 1. The number of aryl methyl sites for hydroxylation is 1. The van der Waals surface area contributed by atoms with Gasteiger partial charge in [0.1, 0.15) is 11.3 Å². The van der Waals surface area contributed by atoms with Crippen molar-refractivity contribution in [1.29, 1.82) is 0 Å². The fourth-order valence-electron chi connectivity index (χ4n) is 1.38. The van der Waals surface area contributed by atoms with Crippen molar-refractivity contribution < 1.29 is 9.53 Å². The first kappa shape index (κ1) is 15.8. The van der Waals surface area contributed by atoms with Gasteiger partial charge in [0, 0.05) is 19.2 Å². The van der Waals surface area contributed by atoms with Crippen LogP contribution in [0.2, 0.25) is 0 Å². The molecule has 5 heteroatoms. The van der Waals surface area contributed by atoms with E-state index in [-0.39, 0.29) is 0 Å². The molecule has 1 aromatic heterocycles. The number of aromatic nitrogens is 1. The number of hydrogen-bond donors (Lipinski definition) is 2. The van der Waals surface area contributed by atoms with Crippen LogP contribution in [0, 0.1) is 18.8 Å². The number of hydrogen-bond acceptors (Lipinski definition) is 4. The highest BCUT2D eigenvalue weighted by Gasteiger charge is 2.15. The second-order valence-electron chi connectivity index (χ2n) is 5.43. The fourth-order valence-corrected chi connectivity index (χ4v) is 1.38. The van der Waals surface area contributed by atoms with Gasteiger partial charge in [0.2, 0.25) is 0 Å². The molecule has 1 amide bonds. The van der Waals surface area contributed by atoms with Gasteiger partial charge in [0.25, 0.3) is 0 Å². The van der Waals surface area contributed by atoms with Gasteiger partial charge < -0.3 is 15.8 Å². The normalized spacial score (nSPS) is 10.4. The molecule has 0 saturated carbocycles. The molecule has 0 aliphatic rings. The first-order valence-corrected chi connectivity index (χ1v) is 6.46. The standard InChI is InChI=1S/C15H21N3O2/c1-11-9-12(16)13(18-10-11)7-5-6-8-17-14(19)20-15(2,3)4/h9-10H,6,8,16H2,1-4H3,(H,17,19). The van der Waals surface area contributed by atoms with E-state index in [1.807, 2.05) is 33.8 Å². The van der Waals surface area contributed by atoms with Crippen LogP contribution < -0.4 is 11.1 Å². The van der Waals surface area contributed by atoms with Crippen LogP contribution in [0.25, 0.3) is 0 Å². The first-order valence-electron chi connectivity index (χ1n) is 6.46. The summed E-state index contributed by atoms with van der Waals surface area (Å²) in [4.78, 5) is 15.5. The summed E-state index contributed by atoms with van der Waals surface area (Å²) in [5.41, 5.74) is 7.44. The zero-order valence-electron chi connectivity index (χ0n) is 12.4. The zero-order valence-corrected chi connectivity index (χ0v) is 12.4. The number of nitrogens with two attached hydrogens (primary N) is 1. The molecular formula is C15H21N3O2. The Hall–Kier alpha value is -2.22. The van der Waals surface area contributed by atoms with E-state index in [0.717, 1.165) is 5.56 Å². The number of amides is 1. The van der Waals surface area contributed by atoms with E-state index >= 15 is 0 Å². The summed E-state index contributed by atoms with van der Waals surface area (Å²) in [6.45, 7) is 7.80. The molecule has 0 saturated heterocycles. The summed E-state index contributed by atoms with van der Waals surface area (Å²) >= 11 is 0. The highest BCUT2D eigenvalue weighted by Crippen LogP contribution is 2.08. The summed E-state index contributed by atoms with van der Waals surface area (Å²) in [5.74, 6) is 5.80. The molecule has 20 heavy (non-hydrogen) atoms. The summed E-state index contributed by atoms with van der Waals surface area (Å²) in [6.07, 6.45) is 1.79. The van der Waals surface area contributed by atoms with E-state index in [0.29, 0.717) is 24.3 Å². The minimum absolute atomic E-state index is 0.424. The van der Waals surface area contributed by atoms with E-state index in [2.05, 4.69) is 22.1 Å². The van der Waals surface area contributed by atoms with Gasteiger partial charge in [-0.25, -0.2) is 9.78 Å². The number of carbonyl (C=O) groups excluding carboxylic acids is 1. The maximum Gasteiger partial charge on any atom is 0.407 e. The SMILES string of the molecule is Cc1cnc(C#CCCNC(=O)OC(C)(C)C)c(N)c1. The highest BCUT2D eigenvalue weighted by atomic mass is 16.6. The molecular weight excluding hydrogens is 254 g/mol. The van der Waals surface area contributed by atoms with Gasteiger partial charge >= 0.3 is 6.09 Å². The number of ether oxygens (including phenoxy) is 1. The zero-order chi connectivity index (χ0) is 15.2. The molecule has 108 valence electrons. The second kappa shape index (κ2) is 6.80. The first-order chi connectivity index (χ1) is 9.28. The predicted molar refractivity (Wildman–Crippen MR) is 79.1 cm³/mol. The number of alkyl carbamates (subject to hydrolysis) is 1. The lowest BCUT2D eigenvalue weighted by Gasteiger charge is -2.19. The molecule has 0 fully saturated rings. The molecule has 0 aromatic carbocycles. The number of anilines is 1. The molecule has 0 aliphatic carbocycles. The lowest BCUT2D eigenvalue weighted by atomic mass is 10.2. The Bertz CT molecular complexity index is 536. The van der Waals surface area contributed by atoms with Gasteiger partial charge in [-0.1, -0.05) is 5.92 Å². The van der Waals surface area contributed by atoms with Crippen LogP contribution in [-0.4, -0.2) is 23.2 Å².